The van der Waals surface area contributed by atoms with Crippen molar-refractivity contribution in [3.8, 4) is 0 Å². The second-order valence-electron chi connectivity index (χ2n) is 3.70. The van der Waals surface area contributed by atoms with Crippen LogP contribution in [-0.4, -0.2) is 30.6 Å². The topological polar surface area (TPSA) is 29.3 Å². The lowest BCUT2D eigenvalue weighted by atomic mass is 10.2. The molecule has 0 aromatic heterocycles. The molecule has 1 atom stereocenters. The van der Waals surface area contributed by atoms with Crippen LogP contribution < -0.4 is 5.73 Å². The van der Waals surface area contributed by atoms with Crippen molar-refractivity contribution in [2.24, 2.45) is 5.73 Å². The predicted molar refractivity (Wildman–Crippen MR) is 57.6 cm³/mol. The van der Waals surface area contributed by atoms with Crippen molar-refractivity contribution < 1.29 is 0 Å². The van der Waals surface area contributed by atoms with E-state index in [1.807, 2.05) is 6.08 Å². The van der Waals surface area contributed by atoms with E-state index in [4.69, 9.17) is 5.73 Å². The molecular weight excluding hydrogens is 160 g/mol. The fourth-order valence-electron chi connectivity index (χ4n) is 1.74. The first-order valence-electron chi connectivity index (χ1n) is 5.04. The van der Waals surface area contributed by atoms with Crippen LogP contribution in [0, 0.1) is 0 Å². The van der Waals surface area contributed by atoms with Gasteiger partial charge in [0.05, 0.1) is 0 Å². The summed E-state index contributed by atoms with van der Waals surface area (Å²) in [4.78, 5) is 2.42. The molecule has 1 aliphatic rings. The summed E-state index contributed by atoms with van der Waals surface area (Å²) in [5.74, 6) is 0. The molecule has 0 aromatic carbocycles. The molecule has 0 spiro atoms. The minimum absolute atomic E-state index is 0.391. The Morgan fingerprint density at radius 1 is 1.69 bits per heavy atom. The highest BCUT2D eigenvalue weighted by atomic mass is 15.2. The maximum Gasteiger partial charge on any atom is 0.0196 e. The highest BCUT2D eigenvalue weighted by Crippen LogP contribution is 2.11. The minimum Gasteiger partial charge on any atom is -0.326 e. The van der Waals surface area contributed by atoms with Gasteiger partial charge >= 0.3 is 0 Å². The monoisotopic (exact) mass is 180 g/mol. The SMILES string of the molecule is C=C/C=C(\CC)CN1CCC(N)C1. The Morgan fingerprint density at radius 2 is 2.46 bits per heavy atom. The highest BCUT2D eigenvalue weighted by molar-refractivity contribution is 5.12. The molecule has 74 valence electrons. The molecule has 1 unspecified atom stereocenters. The van der Waals surface area contributed by atoms with E-state index in [2.05, 4.69) is 24.5 Å². The van der Waals surface area contributed by atoms with E-state index in [1.54, 1.807) is 0 Å². The number of likely N-dealkylation sites (tertiary alicyclic amines) is 1. The van der Waals surface area contributed by atoms with E-state index in [-0.39, 0.29) is 0 Å². The van der Waals surface area contributed by atoms with Crippen LogP contribution in [0.3, 0.4) is 0 Å². The van der Waals surface area contributed by atoms with Crippen LogP contribution in [0.2, 0.25) is 0 Å². The normalized spacial score (nSPS) is 25.1. The number of nitrogens with two attached hydrogens (primary N) is 1. The zero-order chi connectivity index (χ0) is 9.68. The molecule has 1 fully saturated rings. The first kappa shape index (κ1) is 10.5. The Labute approximate surface area is 81.1 Å². The predicted octanol–water partition coefficient (Wildman–Crippen LogP) is 1.54. The third-order valence-corrected chi connectivity index (χ3v) is 2.54. The van der Waals surface area contributed by atoms with Gasteiger partial charge in [0.25, 0.3) is 0 Å². The van der Waals surface area contributed by atoms with Gasteiger partial charge in [-0.05, 0) is 12.8 Å². The van der Waals surface area contributed by atoms with E-state index >= 15 is 0 Å². The number of rotatable bonds is 4. The van der Waals surface area contributed by atoms with Gasteiger partial charge in [-0.3, -0.25) is 4.90 Å². The van der Waals surface area contributed by atoms with E-state index in [9.17, 15) is 0 Å². The molecule has 0 bridgehead atoms. The van der Waals surface area contributed by atoms with Gasteiger partial charge in [0.15, 0.2) is 0 Å². The van der Waals surface area contributed by atoms with Crippen LogP contribution in [-0.2, 0) is 0 Å². The van der Waals surface area contributed by atoms with Gasteiger partial charge in [0.2, 0.25) is 0 Å². The smallest absolute Gasteiger partial charge is 0.0196 e. The molecule has 2 N–H and O–H groups in total. The molecular formula is C11H20N2. The molecule has 0 amide bonds. The molecule has 2 nitrogen and oxygen atoms in total. The van der Waals surface area contributed by atoms with Crippen molar-refractivity contribution in [2.75, 3.05) is 19.6 Å². The Hall–Kier alpha value is -0.600. The molecule has 0 radical (unpaired) electrons. The molecule has 1 aliphatic heterocycles. The summed E-state index contributed by atoms with van der Waals surface area (Å²) in [6.45, 7) is 9.17. The lowest BCUT2D eigenvalue weighted by Gasteiger charge is -2.16. The van der Waals surface area contributed by atoms with Crippen molar-refractivity contribution in [3.63, 3.8) is 0 Å². The van der Waals surface area contributed by atoms with Gasteiger partial charge in [-0.25, -0.2) is 0 Å². The lowest BCUT2D eigenvalue weighted by molar-refractivity contribution is 0.360. The standard InChI is InChI=1S/C11H20N2/c1-3-5-10(4-2)8-13-7-6-11(12)9-13/h3,5,11H,1,4,6-9,12H2,2H3/b10-5+. The third kappa shape index (κ3) is 3.33. The first-order valence-corrected chi connectivity index (χ1v) is 5.04. The first-order chi connectivity index (χ1) is 6.26. The molecule has 1 heterocycles. The summed E-state index contributed by atoms with van der Waals surface area (Å²) in [5.41, 5.74) is 7.28. The quantitative estimate of drug-likeness (QED) is 0.665. The van der Waals surface area contributed by atoms with E-state index < -0.39 is 0 Å². The second kappa shape index (κ2) is 5.20. The van der Waals surface area contributed by atoms with Crippen molar-refractivity contribution in [3.05, 3.63) is 24.3 Å². The summed E-state index contributed by atoms with van der Waals surface area (Å²) in [7, 11) is 0. The fraction of sp³-hybridized carbons (Fsp3) is 0.636. The Bertz CT molecular complexity index is 196. The molecule has 1 rings (SSSR count). The van der Waals surface area contributed by atoms with Gasteiger partial charge < -0.3 is 5.73 Å². The molecule has 2 heteroatoms. The Kier molecular flexibility index (Phi) is 4.19. The Balaban J connectivity index is 2.38. The molecule has 13 heavy (non-hydrogen) atoms. The van der Waals surface area contributed by atoms with E-state index in [1.165, 1.54) is 5.57 Å². The number of nitrogens with zero attached hydrogens (tertiary/aromatic N) is 1. The van der Waals surface area contributed by atoms with Gasteiger partial charge in [-0.1, -0.05) is 31.2 Å². The van der Waals surface area contributed by atoms with Crippen molar-refractivity contribution in [2.45, 2.75) is 25.8 Å². The molecule has 0 saturated carbocycles. The van der Waals surface area contributed by atoms with Crippen LogP contribution in [0.25, 0.3) is 0 Å². The van der Waals surface area contributed by atoms with E-state index in [0.29, 0.717) is 6.04 Å². The second-order valence-corrected chi connectivity index (χ2v) is 3.70. The van der Waals surface area contributed by atoms with Gasteiger partial charge in [-0.2, -0.15) is 0 Å². The Morgan fingerprint density at radius 3 is 2.92 bits per heavy atom. The van der Waals surface area contributed by atoms with Crippen LogP contribution >= 0.6 is 0 Å². The molecule has 1 saturated heterocycles. The van der Waals surface area contributed by atoms with Crippen LogP contribution in [0.1, 0.15) is 19.8 Å². The van der Waals surface area contributed by atoms with Gasteiger partial charge in [-0.15, -0.1) is 0 Å². The third-order valence-electron chi connectivity index (χ3n) is 2.54. The number of hydrogen-bond donors (Lipinski definition) is 1. The maximum absolute atomic E-state index is 5.83. The van der Waals surface area contributed by atoms with Crippen LogP contribution in [0.15, 0.2) is 24.3 Å². The van der Waals surface area contributed by atoms with Gasteiger partial charge in [0.1, 0.15) is 0 Å². The minimum atomic E-state index is 0.391. The molecule has 0 aliphatic carbocycles. The molecule has 0 aromatic rings. The zero-order valence-electron chi connectivity index (χ0n) is 8.50. The van der Waals surface area contributed by atoms with Crippen LogP contribution in [0.4, 0.5) is 0 Å². The maximum atomic E-state index is 5.83. The summed E-state index contributed by atoms with van der Waals surface area (Å²) in [5, 5.41) is 0. The van der Waals surface area contributed by atoms with Crippen molar-refractivity contribution in [1.82, 2.24) is 4.90 Å². The zero-order valence-corrected chi connectivity index (χ0v) is 8.50. The largest absolute Gasteiger partial charge is 0.326 e. The number of hydrogen-bond acceptors (Lipinski definition) is 2. The average Bonchev–Trinajstić information content (AvgIpc) is 2.50. The van der Waals surface area contributed by atoms with E-state index in [0.717, 1.165) is 32.5 Å². The lowest BCUT2D eigenvalue weighted by Crippen LogP contribution is -2.28. The fourth-order valence-corrected chi connectivity index (χ4v) is 1.74. The summed E-state index contributed by atoms with van der Waals surface area (Å²) >= 11 is 0. The van der Waals surface area contributed by atoms with Crippen molar-refractivity contribution in [1.29, 1.82) is 0 Å². The summed E-state index contributed by atoms with van der Waals surface area (Å²) < 4.78 is 0. The van der Waals surface area contributed by atoms with Gasteiger partial charge in [0, 0.05) is 25.7 Å². The highest BCUT2D eigenvalue weighted by Gasteiger charge is 2.18. The number of allylic oxidation sites excluding steroid dienone is 2. The summed E-state index contributed by atoms with van der Waals surface area (Å²) in [6, 6.07) is 0.391. The van der Waals surface area contributed by atoms with Crippen LogP contribution in [0.5, 0.6) is 0 Å². The average molecular weight is 180 g/mol. The summed E-state index contributed by atoms with van der Waals surface area (Å²) in [6.07, 6.45) is 6.24. The van der Waals surface area contributed by atoms with Crippen molar-refractivity contribution >= 4 is 0 Å².